The van der Waals surface area contributed by atoms with Crippen LogP contribution in [0.2, 0.25) is 0 Å². The summed E-state index contributed by atoms with van der Waals surface area (Å²) in [6, 6.07) is 17.9. The van der Waals surface area contributed by atoms with E-state index in [-0.39, 0.29) is 0 Å². The molecule has 0 spiro atoms. The molecule has 2 rings (SSSR count). The van der Waals surface area contributed by atoms with E-state index < -0.39 is 0 Å². The van der Waals surface area contributed by atoms with E-state index in [1.54, 1.807) is 0 Å². The first-order valence-electron chi connectivity index (χ1n) is 7.46. The van der Waals surface area contributed by atoms with Gasteiger partial charge in [0.2, 0.25) is 0 Å². The molecule has 0 aliphatic rings. The van der Waals surface area contributed by atoms with E-state index >= 15 is 0 Å². The zero-order chi connectivity index (χ0) is 15.1. The first-order chi connectivity index (χ1) is 10.2. The lowest BCUT2D eigenvalue weighted by atomic mass is 10.0. The molecule has 0 aliphatic carbocycles. The number of ether oxygens (including phenoxy) is 1. The van der Waals surface area contributed by atoms with Gasteiger partial charge in [-0.05, 0) is 47.7 Å². The average Bonchev–Trinajstić information content (AvgIpc) is 2.55. The lowest BCUT2D eigenvalue weighted by Crippen LogP contribution is -2.03. The summed E-state index contributed by atoms with van der Waals surface area (Å²) in [6.07, 6.45) is 2.29. The standard InChI is InChI=1S/C19H21NO/c1-3-15(2)12-13-21-19-10-8-18(9-11-19)17-6-4-16(14-20)5-7-17/h4-11,15H,3,12-13H2,1-2H3/t15-/m1/s1. The fourth-order valence-electron chi connectivity index (χ4n) is 2.06. The Bertz CT molecular complexity index is 593. The van der Waals surface area contributed by atoms with Gasteiger partial charge < -0.3 is 4.74 Å². The molecule has 21 heavy (non-hydrogen) atoms. The van der Waals surface area contributed by atoms with Crippen LogP contribution in [0.4, 0.5) is 0 Å². The van der Waals surface area contributed by atoms with Crippen molar-refractivity contribution in [3.63, 3.8) is 0 Å². The van der Waals surface area contributed by atoms with Gasteiger partial charge in [0.05, 0.1) is 18.2 Å². The van der Waals surface area contributed by atoms with Crippen molar-refractivity contribution in [2.45, 2.75) is 26.7 Å². The molecule has 1 atom stereocenters. The maximum Gasteiger partial charge on any atom is 0.119 e. The zero-order valence-corrected chi connectivity index (χ0v) is 12.7. The van der Waals surface area contributed by atoms with Crippen LogP contribution in [0.5, 0.6) is 5.75 Å². The second-order valence-corrected chi connectivity index (χ2v) is 5.36. The maximum absolute atomic E-state index is 8.81. The predicted octanol–water partition coefficient (Wildman–Crippen LogP) is 5.04. The second kappa shape index (κ2) is 7.50. The van der Waals surface area contributed by atoms with Crippen molar-refractivity contribution >= 4 is 0 Å². The highest BCUT2D eigenvalue weighted by Gasteiger charge is 2.01. The van der Waals surface area contributed by atoms with Crippen molar-refractivity contribution in [1.29, 1.82) is 5.26 Å². The lowest BCUT2D eigenvalue weighted by molar-refractivity contribution is 0.282. The molecule has 0 saturated heterocycles. The van der Waals surface area contributed by atoms with E-state index in [9.17, 15) is 0 Å². The summed E-state index contributed by atoms with van der Waals surface area (Å²) < 4.78 is 5.76. The first-order valence-corrected chi connectivity index (χ1v) is 7.46. The molecule has 0 radical (unpaired) electrons. The topological polar surface area (TPSA) is 33.0 Å². The first kappa shape index (κ1) is 15.1. The smallest absolute Gasteiger partial charge is 0.119 e. The fraction of sp³-hybridized carbons (Fsp3) is 0.316. The Hall–Kier alpha value is -2.27. The minimum atomic E-state index is 0.684. The van der Waals surface area contributed by atoms with Gasteiger partial charge in [0.1, 0.15) is 5.75 Å². The van der Waals surface area contributed by atoms with Crippen LogP contribution in [0, 0.1) is 17.2 Å². The Morgan fingerprint density at radius 3 is 2.10 bits per heavy atom. The van der Waals surface area contributed by atoms with Crippen LogP contribution >= 0.6 is 0 Å². The zero-order valence-electron chi connectivity index (χ0n) is 12.7. The van der Waals surface area contributed by atoms with Crippen LogP contribution < -0.4 is 4.74 Å². The highest BCUT2D eigenvalue weighted by atomic mass is 16.5. The van der Waals surface area contributed by atoms with Crippen molar-refractivity contribution in [1.82, 2.24) is 0 Å². The molecule has 0 fully saturated rings. The van der Waals surface area contributed by atoms with Gasteiger partial charge in [-0.15, -0.1) is 0 Å². The molecular formula is C19H21NO. The monoisotopic (exact) mass is 279 g/mol. The van der Waals surface area contributed by atoms with Crippen molar-refractivity contribution < 1.29 is 4.74 Å². The van der Waals surface area contributed by atoms with E-state index in [0.29, 0.717) is 11.5 Å². The Morgan fingerprint density at radius 2 is 1.57 bits per heavy atom. The molecule has 0 saturated carbocycles. The van der Waals surface area contributed by atoms with Gasteiger partial charge in [0, 0.05) is 0 Å². The third-order valence-corrected chi connectivity index (χ3v) is 3.78. The predicted molar refractivity (Wildman–Crippen MR) is 86.2 cm³/mol. The Balaban J connectivity index is 1.96. The molecule has 0 unspecified atom stereocenters. The van der Waals surface area contributed by atoms with Gasteiger partial charge in [-0.2, -0.15) is 5.26 Å². The molecule has 0 heterocycles. The summed E-state index contributed by atoms with van der Waals surface area (Å²) in [6.45, 7) is 5.22. The highest BCUT2D eigenvalue weighted by molar-refractivity contribution is 5.64. The summed E-state index contributed by atoms with van der Waals surface area (Å²) in [5.74, 6) is 1.62. The molecule has 0 aliphatic heterocycles. The number of hydrogen-bond acceptors (Lipinski definition) is 2. The van der Waals surface area contributed by atoms with Gasteiger partial charge in [-0.25, -0.2) is 0 Å². The van der Waals surface area contributed by atoms with Crippen LogP contribution in [-0.2, 0) is 0 Å². The van der Waals surface area contributed by atoms with Crippen LogP contribution in [0.25, 0.3) is 11.1 Å². The average molecular weight is 279 g/mol. The van der Waals surface area contributed by atoms with E-state index in [1.165, 1.54) is 6.42 Å². The largest absolute Gasteiger partial charge is 0.494 e. The molecule has 2 heteroatoms. The van der Waals surface area contributed by atoms with Crippen molar-refractivity contribution in [2.75, 3.05) is 6.61 Å². The minimum Gasteiger partial charge on any atom is -0.494 e. The van der Waals surface area contributed by atoms with E-state index in [1.807, 2.05) is 36.4 Å². The van der Waals surface area contributed by atoms with Crippen LogP contribution in [0.3, 0.4) is 0 Å². The lowest BCUT2D eigenvalue weighted by Gasteiger charge is -2.10. The molecule has 0 amide bonds. The maximum atomic E-state index is 8.81. The van der Waals surface area contributed by atoms with E-state index in [0.717, 1.165) is 29.9 Å². The SMILES string of the molecule is CC[C@@H](C)CCOc1ccc(-c2ccc(C#N)cc2)cc1. The minimum absolute atomic E-state index is 0.684. The highest BCUT2D eigenvalue weighted by Crippen LogP contribution is 2.23. The van der Waals surface area contributed by atoms with Crippen molar-refractivity contribution in [3.05, 3.63) is 54.1 Å². The van der Waals surface area contributed by atoms with Gasteiger partial charge in [0.15, 0.2) is 0 Å². The van der Waals surface area contributed by atoms with Gasteiger partial charge in [-0.3, -0.25) is 0 Å². The molecule has 0 aromatic heterocycles. The molecule has 0 N–H and O–H groups in total. The Kier molecular flexibility index (Phi) is 5.40. The van der Waals surface area contributed by atoms with E-state index in [4.69, 9.17) is 10.00 Å². The van der Waals surface area contributed by atoms with E-state index in [2.05, 4.69) is 32.0 Å². The quantitative estimate of drug-likeness (QED) is 0.742. The molecule has 0 bridgehead atoms. The van der Waals surface area contributed by atoms with Crippen LogP contribution in [0.15, 0.2) is 48.5 Å². The molecule has 108 valence electrons. The summed E-state index contributed by atoms with van der Waals surface area (Å²) in [4.78, 5) is 0. The van der Waals surface area contributed by atoms with Crippen molar-refractivity contribution in [3.8, 4) is 22.9 Å². The fourth-order valence-corrected chi connectivity index (χ4v) is 2.06. The third kappa shape index (κ3) is 4.36. The Morgan fingerprint density at radius 1 is 1.00 bits per heavy atom. The second-order valence-electron chi connectivity index (χ2n) is 5.36. The summed E-state index contributed by atoms with van der Waals surface area (Å²) >= 11 is 0. The van der Waals surface area contributed by atoms with Gasteiger partial charge in [-0.1, -0.05) is 44.5 Å². The van der Waals surface area contributed by atoms with Gasteiger partial charge in [0.25, 0.3) is 0 Å². The summed E-state index contributed by atoms with van der Waals surface area (Å²) in [7, 11) is 0. The van der Waals surface area contributed by atoms with Crippen LogP contribution in [-0.4, -0.2) is 6.61 Å². The number of hydrogen-bond donors (Lipinski definition) is 0. The molecule has 2 nitrogen and oxygen atoms in total. The third-order valence-electron chi connectivity index (χ3n) is 3.78. The van der Waals surface area contributed by atoms with Gasteiger partial charge >= 0.3 is 0 Å². The molecular weight excluding hydrogens is 258 g/mol. The number of rotatable bonds is 6. The number of benzene rings is 2. The summed E-state index contributed by atoms with van der Waals surface area (Å²) in [5.41, 5.74) is 2.93. The van der Waals surface area contributed by atoms with Crippen LogP contribution in [0.1, 0.15) is 32.3 Å². The molecule has 2 aromatic rings. The normalized spacial score (nSPS) is 11.7. The summed E-state index contributed by atoms with van der Waals surface area (Å²) in [5, 5.41) is 8.81. The number of nitrogens with zero attached hydrogens (tertiary/aromatic N) is 1. The number of nitriles is 1. The van der Waals surface area contributed by atoms with Crippen molar-refractivity contribution in [2.24, 2.45) is 5.92 Å². The Labute approximate surface area is 127 Å². The molecule has 2 aromatic carbocycles.